The summed E-state index contributed by atoms with van der Waals surface area (Å²) in [5.41, 5.74) is 3.53. The number of amides is 1. The molecule has 0 aliphatic heterocycles. The first-order chi connectivity index (χ1) is 10.5. The molecule has 3 N–H and O–H groups in total. The van der Waals surface area contributed by atoms with Gasteiger partial charge >= 0.3 is 0 Å². The Kier molecular flexibility index (Phi) is 4.95. The molecule has 0 bridgehead atoms. The average molecular weight is 321 g/mol. The normalized spacial score (nSPS) is 10.8. The lowest BCUT2D eigenvalue weighted by Gasteiger charge is -2.06. The first-order valence-electron chi connectivity index (χ1n) is 6.32. The van der Waals surface area contributed by atoms with Gasteiger partial charge in [-0.2, -0.15) is 5.10 Å². The number of nitrogens with one attached hydrogen (secondary N) is 1. The van der Waals surface area contributed by atoms with Crippen LogP contribution in [0.3, 0.4) is 0 Å². The second kappa shape index (κ2) is 6.90. The van der Waals surface area contributed by atoms with Gasteiger partial charge in [-0.05, 0) is 19.1 Å². The van der Waals surface area contributed by atoms with Crippen molar-refractivity contribution in [1.82, 2.24) is 10.4 Å². The van der Waals surface area contributed by atoms with Crippen molar-refractivity contribution in [3.8, 4) is 17.2 Å². The molecule has 116 valence electrons. The number of phenolic OH excluding ortho intramolecular Hbond substituents is 2. The van der Waals surface area contributed by atoms with Crippen molar-refractivity contribution in [3.05, 3.63) is 33.8 Å². The molecule has 0 aliphatic carbocycles. The predicted molar refractivity (Wildman–Crippen MR) is 82.6 cm³/mol. The number of methoxy groups -OCH3 is 1. The summed E-state index contributed by atoms with van der Waals surface area (Å²) in [6.07, 6.45) is 1.48. The molecule has 0 saturated carbocycles. The van der Waals surface area contributed by atoms with E-state index in [1.54, 1.807) is 0 Å². The lowest BCUT2D eigenvalue weighted by atomic mass is 10.2. The van der Waals surface area contributed by atoms with E-state index in [2.05, 4.69) is 15.5 Å². The second-order valence-electron chi connectivity index (χ2n) is 4.42. The summed E-state index contributed by atoms with van der Waals surface area (Å²) in [5.74, 6) is -0.852. The van der Waals surface area contributed by atoms with E-state index in [9.17, 15) is 15.0 Å². The summed E-state index contributed by atoms with van der Waals surface area (Å²) in [5, 5.41) is 25.6. The molecule has 1 heterocycles. The lowest BCUT2D eigenvalue weighted by Crippen LogP contribution is -2.19. The number of hydrazone groups is 1. The van der Waals surface area contributed by atoms with Gasteiger partial charge in [0.15, 0.2) is 11.5 Å². The Labute approximate surface area is 130 Å². The number of rotatable bonds is 5. The summed E-state index contributed by atoms with van der Waals surface area (Å²) in [7, 11) is 1.37. The Balaban J connectivity index is 1.97. The minimum absolute atomic E-state index is 0.116. The molecule has 22 heavy (non-hydrogen) atoms. The Morgan fingerprint density at radius 2 is 2.27 bits per heavy atom. The number of aryl methyl sites for hydroxylation is 1. The third-order valence-corrected chi connectivity index (χ3v) is 3.53. The minimum Gasteiger partial charge on any atom is -0.504 e. The molecule has 0 spiro atoms. The van der Waals surface area contributed by atoms with E-state index in [0.29, 0.717) is 11.3 Å². The average Bonchev–Trinajstić information content (AvgIpc) is 2.87. The van der Waals surface area contributed by atoms with Gasteiger partial charge in [0.05, 0.1) is 30.4 Å². The number of aromatic nitrogens is 1. The lowest BCUT2D eigenvalue weighted by molar-refractivity contribution is -0.120. The molecule has 0 fully saturated rings. The van der Waals surface area contributed by atoms with E-state index >= 15 is 0 Å². The number of phenols is 2. The topological polar surface area (TPSA) is 104 Å². The van der Waals surface area contributed by atoms with Crippen molar-refractivity contribution >= 4 is 23.5 Å². The van der Waals surface area contributed by atoms with Crippen molar-refractivity contribution in [3.63, 3.8) is 0 Å². The van der Waals surface area contributed by atoms with E-state index in [4.69, 9.17) is 4.74 Å². The van der Waals surface area contributed by atoms with E-state index < -0.39 is 0 Å². The molecule has 0 saturated heterocycles. The first kappa shape index (κ1) is 15.8. The molecule has 1 amide bonds. The van der Waals surface area contributed by atoms with Gasteiger partial charge in [0.25, 0.3) is 0 Å². The van der Waals surface area contributed by atoms with Crippen LogP contribution in [-0.4, -0.2) is 34.4 Å². The van der Waals surface area contributed by atoms with Crippen molar-refractivity contribution in [1.29, 1.82) is 0 Å². The Morgan fingerprint density at radius 1 is 1.50 bits per heavy atom. The number of hydrogen-bond donors (Lipinski definition) is 3. The van der Waals surface area contributed by atoms with E-state index in [1.807, 2.05) is 12.3 Å². The van der Waals surface area contributed by atoms with Gasteiger partial charge in [-0.3, -0.25) is 4.79 Å². The highest BCUT2D eigenvalue weighted by atomic mass is 32.1. The smallest absolute Gasteiger partial charge is 0.246 e. The van der Waals surface area contributed by atoms with Gasteiger partial charge in [0, 0.05) is 10.9 Å². The van der Waals surface area contributed by atoms with E-state index in [0.717, 1.165) is 5.01 Å². The number of hydrogen-bond acceptors (Lipinski definition) is 7. The molecular weight excluding hydrogens is 306 g/mol. The van der Waals surface area contributed by atoms with E-state index in [1.165, 1.54) is 36.8 Å². The maximum Gasteiger partial charge on any atom is 0.246 e. The third kappa shape index (κ3) is 3.95. The zero-order valence-corrected chi connectivity index (χ0v) is 12.8. The SMILES string of the molecule is COc1cc(/C=N/NC(=O)Cc2csc(C)n2)cc(O)c1O. The molecule has 2 aromatic rings. The number of nitrogens with zero attached hydrogens (tertiary/aromatic N) is 2. The van der Waals surface area contributed by atoms with Crippen LogP contribution < -0.4 is 10.2 Å². The first-order valence-corrected chi connectivity index (χ1v) is 7.20. The number of carbonyl (C=O) groups is 1. The highest BCUT2D eigenvalue weighted by molar-refractivity contribution is 7.09. The number of aromatic hydroxyl groups is 2. The number of benzene rings is 1. The number of carbonyl (C=O) groups excluding carboxylic acids is 1. The fourth-order valence-corrected chi connectivity index (χ4v) is 2.33. The highest BCUT2D eigenvalue weighted by Crippen LogP contribution is 2.35. The fourth-order valence-electron chi connectivity index (χ4n) is 1.72. The maximum atomic E-state index is 11.7. The molecule has 2 rings (SSSR count). The van der Waals surface area contributed by atoms with Crippen LogP contribution in [0.2, 0.25) is 0 Å². The zero-order chi connectivity index (χ0) is 16.1. The monoisotopic (exact) mass is 321 g/mol. The van der Waals surface area contributed by atoms with Crippen LogP contribution in [-0.2, 0) is 11.2 Å². The van der Waals surface area contributed by atoms with Gasteiger partial charge in [-0.15, -0.1) is 11.3 Å². The van der Waals surface area contributed by atoms with Gasteiger partial charge in [-0.1, -0.05) is 0 Å². The summed E-state index contributed by atoms with van der Waals surface area (Å²) < 4.78 is 4.91. The summed E-state index contributed by atoms with van der Waals surface area (Å²) in [6, 6.07) is 2.78. The van der Waals surface area contributed by atoms with Gasteiger partial charge in [-0.25, -0.2) is 10.4 Å². The molecule has 7 nitrogen and oxygen atoms in total. The third-order valence-electron chi connectivity index (χ3n) is 2.71. The Bertz CT molecular complexity index is 712. The van der Waals surface area contributed by atoms with Crippen molar-refractivity contribution in [2.75, 3.05) is 7.11 Å². The molecule has 1 aromatic heterocycles. The molecule has 8 heteroatoms. The summed E-state index contributed by atoms with van der Waals surface area (Å²) in [4.78, 5) is 15.9. The second-order valence-corrected chi connectivity index (χ2v) is 5.48. The highest BCUT2D eigenvalue weighted by Gasteiger charge is 2.09. The Hall–Kier alpha value is -2.61. The fraction of sp³-hybridized carbons (Fsp3) is 0.214. The van der Waals surface area contributed by atoms with Crippen LogP contribution in [0, 0.1) is 6.92 Å². The largest absolute Gasteiger partial charge is 0.504 e. The van der Waals surface area contributed by atoms with Gasteiger partial charge in [0.2, 0.25) is 11.7 Å². The predicted octanol–water partition coefficient (Wildman–Crippen LogP) is 1.56. The van der Waals surface area contributed by atoms with Crippen LogP contribution in [0.25, 0.3) is 0 Å². The Morgan fingerprint density at radius 3 is 2.91 bits per heavy atom. The van der Waals surface area contributed by atoms with Crippen molar-refractivity contribution in [2.24, 2.45) is 5.10 Å². The standard InChI is InChI=1S/C14H15N3O4S/c1-8-16-10(7-22-8)5-13(19)17-15-6-9-3-11(18)14(20)12(4-9)21-2/h3-4,6-7,18,20H,5H2,1-2H3,(H,17,19)/b15-6+. The van der Waals surface area contributed by atoms with E-state index in [-0.39, 0.29) is 29.6 Å². The van der Waals surface area contributed by atoms with Crippen molar-refractivity contribution in [2.45, 2.75) is 13.3 Å². The van der Waals surface area contributed by atoms with Crippen LogP contribution in [0.15, 0.2) is 22.6 Å². The van der Waals surface area contributed by atoms with Gasteiger partial charge in [0.1, 0.15) is 0 Å². The molecule has 0 unspecified atom stereocenters. The zero-order valence-electron chi connectivity index (χ0n) is 12.0. The summed E-state index contributed by atoms with van der Waals surface area (Å²) in [6.45, 7) is 1.87. The maximum absolute atomic E-state index is 11.7. The van der Waals surface area contributed by atoms with Gasteiger partial charge < -0.3 is 14.9 Å². The van der Waals surface area contributed by atoms with Crippen molar-refractivity contribution < 1.29 is 19.7 Å². The quantitative estimate of drug-likeness (QED) is 0.440. The van der Waals surface area contributed by atoms with Crippen LogP contribution in [0.4, 0.5) is 0 Å². The minimum atomic E-state index is -0.345. The molecule has 1 aromatic carbocycles. The van der Waals surface area contributed by atoms with Crippen LogP contribution >= 0.6 is 11.3 Å². The summed E-state index contributed by atoms with van der Waals surface area (Å²) >= 11 is 1.48. The number of thiazole rings is 1. The number of ether oxygens (including phenoxy) is 1. The van der Waals surface area contributed by atoms with Crippen LogP contribution in [0.1, 0.15) is 16.3 Å². The molecule has 0 radical (unpaired) electrons. The molecular formula is C14H15N3O4S. The van der Waals surface area contributed by atoms with Crippen LogP contribution in [0.5, 0.6) is 17.2 Å². The molecule has 0 atom stereocenters. The molecule has 0 aliphatic rings.